The lowest BCUT2D eigenvalue weighted by atomic mass is 10.1. The van der Waals surface area contributed by atoms with E-state index in [4.69, 9.17) is 4.74 Å². The van der Waals surface area contributed by atoms with Crippen LogP contribution in [0.4, 0.5) is 21.9 Å². The average Bonchev–Trinajstić information content (AvgIpc) is 2.77. The zero-order valence-electron chi connectivity index (χ0n) is 17.4. The molecule has 29 heavy (non-hydrogen) atoms. The maximum atomic E-state index is 12.9. The van der Waals surface area contributed by atoms with Crippen LogP contribution >= 0.6 is 0 Å². The number of aryl methyl sites for hydroxylation is 2. The molecule has 4 rings (SSSR count). The van der Waals surface area contributed by atoms with Crippen LogP contribution in [-0.4, -0.2) is 63.4 Å². The topological polar surface area (TPSA) is 48.0 Å². The fourth-order valence-corrected chi connectivity index (χ4v) is 3.94. The van der Waals surface area contributed by atoms with E-state index in [0.717, 1.165) is 63.9 Å². The summed E-state index contributed by atoms with van der Waals surface area (Å²) in [5, 5.41) is 3.13. The van der Waals surface area contributed by atoms with E-state index in [1.165, 1.54) is 16.8 Å². The summed E-state index contributed by atoms with van der Waals surface area (Å²) in [5.74, 6) is 0. The molecule has 2 fully saturated rings. The number of hydrogen-bond acceptors (Lipinski definition) is 4. The first-order valence-corrected chi connectivity index (χ1v) is 10.4. The van der Waals surface area contributed by atoms with E-state index in [9.17, 15) is 4.79 Å². The number of para-hydroxylation sites is 2. The van der Waals surface area contributed by atoms with Gasteiger partial charge in [-0.25, -0.2) is 4.79 Å². The van der Waals surface area contributed by atoms with Crippen LogP contribution in [0.25, 0.3) is 0 Å². The third-order valence-corrected chi connectivity index (χ3v) is 5.92. The second kappa shape index (κ2) is 8.74. The van der Waals surface area contributed by atoms with Crippen molar-refractivity contribution in [3.05, 3.63) is 53.6 Å². The van der Waals surface area contributed by atoms with Gasteiger partial charge >= 0.3 is 6.03 Å². The van der Waals surface area contributed by atoms with Gasteiger partial charge in [-0.2, -0.15) is 0 Å². The molecule has 0 unspecified atom stereocenters. The smallest absolute Gasteiger partial charge is 0.322 e. The average molecular weight is 395 g/mol. The number of urea groups is 1. The Kier molecular flexibility index (Phi) is 5.90. The Balaban J connectivity index is 1.37. The molecule has 0 spiro atoms. The lowest BCUT2D eigenvalue weighted by molar-refractivity contribution is 0.123. The van der Waals surface area contributed by atoms with Crippen molar-refractivity contribution in [1.29, 1.82) is 0 Å². The Morgan fingerprint density at radius 3 is 2.31 bits per heavy atom. The fraction of sp³-hybridized carbons (Fsp3) is 0.435. The number of morpholine rings is 1. The lowest BCUT2D eigenvalue weighted by Crippen LogP contribution is -2.50. The molecule has 2 aromatic carbocycles. The number of anilines is 3. The lowest BCUT2D eigenvalue weighted by Gasteiger charge is -2.36. The molecule has 0 aromatic heterocycles. The molecule has 2 aromatic rings. The van der Waals surface area contributed by atoms with Gasteiger partial charge in [0.05, 0.1) is 24.6 Å². The fourth-order valence-electron chi connectivity index (χ4n) is 3.94. The molecule has 2 amide bonds. The normalized spacial score (nSPS) is 17.4. The highest BCUT2D eigenvalue weighted by Crippen LogP contribution is 2.27. The standard InChI is InChI=1S/C23H30N4O2/c1-18-7-8-20(17-19(18)2)25-9-11-27(12-10-25)23(28)24-21-5-3-4-6-22(21)26-13-15-29-16-14-26/h3-8,17H,9-16H2,1-2H3,(H,24,28). The third kappa shape index (κ3) is 4.48. The Bertz CT molecular complexity index is 856. The van der Waals surface area contributed by atoms with Crippen LogP contribution in [-0.2, 0) is 4.74 Å². The van der Waals surface area contributed by atoms with E-state index in [1.54, 1.807) is 0 Å². The summed E-state index contributed by atoms with van der Waals surface area (Å²) in [5.41, 5.74) is 5.80. The highest BCUT2D eigenvalue weighted by atomic mass is 16.5. The summed E-state index contributed by atoms with van der Waals surface area (Å²) in [6, 6.07) is 14.6. The molecule has 2 aliphatic rings. The number of piperazine rings is 1. The van der Waals surface area contributed by atoms with Crippen LogP contribution in [0, 0.1) is 13.8 Å². The summed E-state index contributed by atoms with van der Waals surface area (Å²) < 4.78 is 5.46. The van der Waals surface area contributed by atoms with Gasteiger partial charge in [-0.05, 0) is 49.2 Å². The van der Waals surface area contributed by atoms with Crippen molar-refractivity contribution < 1.29 is 9.53 Å². The largest absolute Gasteiger partial charge is 0.378 e. The number of rotatable bonds is 3. The van der Waals surface area contributed by atoms with E-state index in [2.05, 4.69) is 53.2 Å². The molecule has 2 heterocycles. The zero-order chi connectivity index (χ0) is 20.2. The Labute approximate surface area is 173 Å². The molecule has 0 aliphatic carbocycles. The number of hydrogen-bond donors (Lipinski definition) is 1. The summed E-state index contributed by atoms with van der Waals surface area (Å²) >= 11 is 0. The summed E-state index contributed by atoms with van der Waals surface area (Å²) in [6.45, 7) is 10.6. The van der Waals surface area contributed by atoms with Gasteiger partial charge in [0.25, 0.3) is 0 Å². The molecular formula is C23H30N4O2. The molecule has 2 saturated heterocycles. The number of carbonyl (C=O) groups excluding carboxylic acids is 1. The summed E-state index contributed by atoms with van der Waals surface area (Å²) in [7, 11) is 0. The molecule has 0 bridgehead atoms. The molecule has 6 heteroatoms. The van der Waals surface area contributed by atoms with E-state index in [0.29, 0.717) is 0 Å². The van der Waals surface area contributed by atoms with Crippen LogP contribution in [0.2, 0.25) is 0 Å². The van der Waals surface area contributed by atoms with Gasteiger partial charge in [0, 0.05) is 45.0 Å². The SMILES string of the molecule is Cc1ccc(N2CCN(C(=O)Nc3ccccc3N3CCOCC3)CC2)cc1C. The Morgan fingerprint density at radius 1 is 0.862 bits per heavy atom. The molecule has 0 atom stereocenters. The van der Waals surface area contributed by atoms with Crippen LogP contribution in [0.1, 0.15) is 11.1 Å². The number of carbonyl (C=O) groups is 1. The minimum atomic E-state index is -0.0227. The van der Waals surface area contributed by atoms with E-state index in [1.807, 2.05) is 23.1 Å². The minimum absolute atomic E-state index is 0.0227. The Hall–Kier alpha value is -2.73. The minimum Gasteiger partial charge on any atom is -0.378 e. The van der Waals surface area contributed by atoms with Crippen molar-refractivity contribution in [1.82, 2.24) is 4.90 Å². The number of amides is 2. The van der Waals surface area contributed by atoms with E-state index < -0.39 is 0 Å². The second-order valence-electron chi connectivity index (χ2n) is 7.79. The van der Waals surface area contributed by atoms with Crippen LogP contribution in [0.5, 0.6) is 0 Å². The van der Waals surface area contributed by atoms with Crippen LogP contribution in [0.15, 0.2) is 42.5 Å². The first kappa shape index (κ1) is 19.6. The predicted octanol–water partition coefficient (Wildman–Crippen LogP) is 3.49. The van der Waals surface area contributed by atoms with Gasteiger partial charge in [-0.15, -0.1) is 0 Å². The van der Waals surface area contributed by atoms with Gasteiger partial charge in [0.1, 0.15) is 0 Å². The van der Waals surface area contributed by atoms with E-state index >= 15 is 0 Å². The van der Waals surface area contributed by atoms with Crippen LogP contribution in [0.3, 0.4) is 0 Å². The van der Waals surface area contributed by atoms with Gasteiger partial charge in [0.15, 0.2) is 0 Å². The number of nitrogens with zero attached hydrogens (tertiary/aromatic N) is 3. The molecule has 2 aliphatic heterocycles. The number of ether oxygens (including phenoxy) is 1. The molecular weight excluding hydrogens is 364 g/mol. The van der Waals surface area contributed by atoms with Crippen LogP contribution < -0.4 is 15.1 Å². The van der Waals surface area contributed by atoms with Gasteiger partial charge in [0.2, 0.25) is 0 Å². The monoisotopic (exact) mass is 394 g/mol. The van der Waals surface area contributed by atoms with Crippen molar-refractivity contribution in [2.24, 2.45) is 0 Å². The first-order valence-electron chi connectivity index (χ1n) is 10.4. The van der Waals surface area contributed by atoms with Crippen molar-refractivity contribution >= 4 is 23.1 Å². The predicted molar refractivity (Wildman–Crippen MR) is 118 cm³/mol. The van der Waals surface area contributed by atoms with E-state index in [-0.39, 0.29) is 6.03 Å². The van der Waals surface area contributed by atoms with Crippen molar-refractivity contribution in [3.8, 4) is 0 Å². The first-order chi connectivity index (χ1) is 14.1. The zero-order valence-corrected chi connectivity index (χ0v) is 17.4. The molecule has 0 radical (unpaired) electrons. The molecule has 0 saturated carbocycles. The van der Waals surface area contributed by atoms with Crippen molar-refractivity contribution in [2.45, 2.75) is 13.8 Å². The maximum Gasteiger partial charge on any atom is 0.322 e. The summed E-state index contributed by atoms with van der Waals surface area (Å²) in [6.07, 6.45) is 0. The maximum absolute atomic E-state index is 12.9. The van der Waals surface area contributed by atoms with Gasteiger partial charge < -0.3 is 24.8 Å². The second-order valence-corrected chi connectivity index (χ2v) is 7.79. The summed E-state index contributed by atoms with van der Waals surface area (Å²) in [4.78, 5) is 19.4. The number of nitrogens with one attached hydrogen (secondary N) is 1. The third-order valence-electron chi connectivity index (χ3n) is 5.92. The molecule has 1 N–H and O–H groups in total. The highest BCUT2D eigenvalue weighted by molar-refractivity contribution is 5.93. The van der Waals surface area contributed by atoms with Crippen molar-refractivity contribution in [2.75, 3.05) is 67.6 Å². The quantitative estimate of drug-likeness (QED) is 0.866. The van der Waals surface area contributed by atoms with Crippen molar-refractivity contribution in [3.63, 3.8) is 0 Å². The molecule has 6 nitrogen and oxygen atoms in total. The Morgan fingerprint density at radius 2 is 1.59 bits per heavy atom. The van der Waals surface area contributed by atoms with Gasteiger partial charge in [-0.3, -0.25) is 0 Å². The number of benzene rings is 2. The highest BCUT2D eigenvalue weighted by Gasteiger charge is 2.23. The van der Waals surface area contributed by atoms with Gasteiger partial charge in [-0.1, -0.05) is 18.2 Å². The molecule has 154 valence electrons.